The maximum absolute atomic E-state index is 5.68. The number of hydrogen-bond donors (Lipinski definition) is 1. The van der Waals surface area contributed by atoms with Gasteiger partial charge < -0.3 is 20.3 Å². The zero-order valence-electron chi connectivity index (χ0n) is 11.0. The molecule has 0 aromatic rings. The van der Waals surface area contributed by atoms with E-state index in [1.165, 1.54) is 19.4 Å². The lowest BCUT2D eigenvalue weighted by molar-refractivity contribution is 0.0409. The Morgan fingerprint density at radius 2 is 2.31 bits per heavy atom. The summed E-state index contributed by atoms with van der Waals surface area (Å²) >= 11 is 0. The van der Waals surface area contributed by atoms with Gasteiger partial charge in [0.25, 0.3) is 0 Å². The maximum atomic E-state index is 5.68. The number of ether oxygens (including phenoxy) is 1. The van der Waals surface area contributed by atoms with Crippen molar-refractivity contribution in [1.82, 2.24) is 9.80 Å². The molecule has 2 unspecified atom stereocenters. The fraction of sp³-hybridized carbons (Fsp3) is 1.00. The van der Waals surface area contributed by atoms with Gasteiger partial charge in [-0.1, -0.05) is 0 Å². The Hall–Kier alpha value is -0.160. The molecule has 1 fully saturated rings. The van der Waals surface area contributed by atoms with E-state index in [4.69, 9.17) is 10.5 Å². The fourth-order valence-corrected chi connectivity index (χ4v) is 2.42. The van der Waals surface area contributed by atoms with Crippen molar-refractivity contribution in [3.8, 4) is 0 Å². The largest absolute Gasteiger partial charge is 0.376 e. The summed E-state index contributed by atoms with van der Waals surface area (Å²) < 4.78 is 5.57. The van der Waals surface area contributed by atoms with E-state index in [-0.39, 0.29) is 6.10 Å². The summed E-state index contributed by atoms with van der Waals surface area (Å²) in [7, 11) is 4.38. The monoisotopic (exact) mass is 229 g/mol. The van der Waals surface area contributed by atoms with Gasteiger partial charge in [-0.25, -0.2) is 0 Å². The second kappa shape index (κ2) is 7.22. The van der Waals surface area contributed by atoms with Gasteiger partial charge in [0, 0.05) is 32.3 Å². The predicted molar refractivity (Wildman–Crippen MR) is 67.6 cm³/mol. The van der Waals surface area contributed by atoms with Gasteiger partial charge in [-0.05, 0) is 40.4 Å². The third-order valence-electron chi connectivity index (χ3n) is 3.37. The first-order valence-electron chi connectivity index (χ1n) is 6.37. The van der Waals surface area contributed by atoms with Crippen LogP contribution in [0.5, 0.6) is 0 Å². The molecule has 0 aliphatic carbocycles. The van der Waals surface area contributed by atoms with Crippen molar-refractivity contribution >= 4 is 0 Å². The second-order valence-electron chi connectivity index (χ2n) is 4.81. The van der Waals surface area contributed by atoms with Gasteiger partial charge >= 0.3 is 0 Å². The number of rotatable bonds is 7. The van der Waals surface area contributed by atoms with Crippen molar-refractivity contribution in [1.29, 1.82) is 0 Å². The summed E-state index contributed by atoms with van der Waals surface area (Å²) in [6, 6.07) is 0.713. The van der Waals surface area contributed by atoms with Crippen molar-refractivity contribution in [2.75, 3.05) is 46.9 Å². The van der Waals surface area contributed by atoms with Crippen LogP contribution in [0.25, 0.3) is 0 Å². The number of nitrogens with two attached hydrogens (primary N) is 1. The van der Waals surface area contributed by atoms with Crippen molar-refractivity contribution in [3.63, 3.8) is 0 Å². The third kappa shape index (κ3) is 4.37. The molecule has 1 rings (SSSR count). The quantitative estimate of drug-likeness (QED) is 0.685. The molecule has 4 nitrogen and oxygen atoms in total. The highest BCUT2D eigenvalue weighted by Gasteiger charge is 2.22. The van der Waals surface area contributed by atoms with E-state index < -0.39 is 0 Å². The molecule has 2 N–H and O–H groups in total. The number of likely N-dealkylation sites (tertiary alicyclic amines) is 1. The molecule has 2 atom stereocenters. The Kier molecular flexibility index (Phi) is 6.28. The summed E-state index contributed by atoms with van der Waals surface area (Å²) in [6.07, 6.45) is 2.84. The summed E-state index contributed by atoms with van der Waals surface area (Å²) in [5.74, 6) is 0. The average Bonchev–Trinajstić information content (AvgIpc) is 2.64. The van der Waals surface area contributed by atoms with Gasteiger partial charge in [-0.15, -0.1) is 0 Å². The number of likely N-dealkylation sites (N-methyl/N-ethyl adjacent to an activating group) is 2. The summed E-state index contributed by atoms with van der Waals surface area (Å²) in [6.45, 7) is 6.68. The average molecular weight is 229 g/mol. The molecule has 0 radical (unpaired) electrons. The third-order valence-corrected chi connectivity index (χ3v) is 3.37. The summed E-state index contributed by atoms with van der Waals surface area (Å²) in [4.78, 5) is 4.80. The van der Waals surface area contributed by atoms with Crippen LogP contribution in [0.15, 0.2) is 0 Å². The van der Waals surface area contributed by atoms with Gasteiger partial charge in [-0.3, -0.25) is 0 Å². The van der Waals surface area contributed by atoms with Gasteiger partial charge in [0.05, 0.1) is 6.10 Å². The molecule has 0 bridgehead atoms. The van der Waals surface area contributed by atoms with Gasteiger partial charge in [0.2, 0.25) is 0 Å². The Labute approximate surface area is 99.7 Å². The zero-order chi connectivity index (χ0) is 12.0. The lowest BCUT2D eigenvalue weighted by atomic mass is 10.2. The van der Waals surface area contributed by atoms with Crippen LogP contribution < -0.4 is 5.73 Å². The Morgan fingerprint density at radius 1 is 1.56 bits per heavy atom. The highest BCUT2D eigenvalue weighted by atomic mass is 16.5. The number of nitrogens with zero attached hydrogens (tertiary/aromatic N) is 2. The van der Waals surface area contributed by atoms with E-state index in [1.54, 1.807) is 0 Å². The minimum Gasteiger partial charge on any atom is -0.376 e. The first kappa shape index (κ1) is 13.9. The van der Waals surface area contributed by atoms with Gasteiger partial charge in [0.15, 0.2) is 0 Å². The molecule has 0 amide bonds. The van der Waals surface area contributed by atoms with E-state index in [9.17, 15) is 0 Å². The van der Waals surface area contributed by atoms with Gasteiger partial charge in [-0.2, -0.15) is 0 Å². The Morgan fingerprint density at radius 3 is 2.81 bits per heavy atom. The maximum Gasteiger partial charge on any atom is 0.0823 e. The molecule has 0 aromatic carbocycles. The minimum absolute atomic E-state index is 0.182. The molecule has 0 spiro atoms. The molecule has 16 heavy (non-hydrogen) atoms. The van der Waals surface area contributed by atoms with Crippen LogP contribution >= 0.6 is 0 Å². The molecular weight excluding hydrogens is 202 g/mol. The lowest BCUT2D eigenvalue weighted by Crippen LogP contribution is -2.42. The normalized spacial score (nSPS) is 24.2. The lowest BCUT2D eigenvalue weighted by Gasteiger charge is -2.28. The van der Waals surface area contributed by atoms with Crippen LogP contribution in [-0.4, -0.2) is 68.8 Å². The van der Waals surface area contributed by atoms with Crippen LogP contribution in [0, 0.1) is 0 Å². The molecule has 1 heterocycles. The smallest absolute Gasteiger partial charge is 0.0823 e. The fourth-order valence-electron chi connectivity index (χ4n) is 2.42. The highest BCUT2D eigenvalue weighted by molar-refractivity contribution is 4.79. The van der Waals surface area contributed by atoms with Crippen LogP contribution in [0.3, 0.4) is 0 Å². The number of hydrogen-bond acceptors (Lipinski definition) is 4. The molecular formula is C12H27N3O. The van der Waals surface area contributed by atoms with Crippen LogP contribution in [0.4, 0.5) is 0 Å². The van der Waals surface area contributed by atoms with E-state index >= 15 is 0 Å². The van der Waals surface area contributed by atoms with Crippen LogP contribution in [0.1, 0.15) is 19.8 Å². The first-order valence-corrected chi connectivity index (χ1v) is 6.37. The molecule has 0 aromatic heterocycles. The molecule has 4 heteroatoms. The molecule has 1 saturated heterocycles. The van der Waals surface area contributed by atoms with E-state index in [0.29, 0.717) is 12.6 Å². The Balaban J connectivity index is 2.25. The highest BCUT2D eigenvalue weighted by Crippen LogP contribution is 2.15. The second-order valence-corrected chi connectivity index (χ2v) is 4.81. The minimum atomic E-state index is 0.182. The Bertz CT molecular complexity index is 189. The van der Waals surface area contributed by atoms with Gasteiger partial charge in [0.1, 0.15) is 0 Å². The summed E-state index contributed by atoms with van der Waals surface area (Å²) in [5.41, 5.74) is 5.68. The van der Waals surface area contributed by atoms with Crippen LogP contribution in [-0.2, 0) is 4.74 Å². The predicted octanol–water partition coefficient (Wildman–Crippen LogP) is 0.376. The standard InChI is InChI=1S/C12H27N3O/c1-4-16-12(8-13)10-14(2)9-11-6-5-7-15(11)3/h11-12H,4-10,13H2,1-3H3. The van der Waals surface area contributed by atoms with Crippen molar-refractivity contribution in [2.45, 2.75) is 31.9 Å². The van der Waals surface area contributed by atoms with Crippen molar-refractivity contribution < 1.29 is 4.74 Å². The van der Waals surface area contributed by atoms with Crippen molar-refractivity contribution in [2.24, 2.45) is 5.73 Å². The van der Waals surface area contributed by atoms with Crippen LogP contribution in [0.2, 0.25) is 0 Å². The molecule has 96 valence electrons. The SMILES string of the molecule is CCOC(CN)CN(C)CC1CCCN1C. The molecule has 0 saturated carbocycles. The first-order chi connectivity index (χ1) is 7.67. The molecule has 1 aliphatic rings. The van der Waals surface area contributed by atoms with E-state index in [1.807, 2.05) is 6.92 Å². The zero-order valence-corrected chi connectivity index (χ0v) is 11.0. The van der Waals surface area contributed by atoms with Crippen molar-refractivity contribution in [3.05, 3.63) is 0 Å². The van der Waals surface area contributed by atoms with E-state index in [2.05, 4.69) is 23.9 Å². The molecule has 1 aliphatic heterocycles. The summed E-state index contributed by atoms with van der Waals surface area (Å²) in [5, 5.41) is 0. The topological polar surface area (TPSA) is 41.7 Å². The van der Waals surface area contributed by atoms with E-state index in [0.717, 1.165) is 19.7 Å².